The van der Waals surface area contributed by atoms with Crippen LogP contribution in [0, 0.1) is 11.7 Å². The van der Waals surface area contributed by atoms with Crippen molar-refractivity contribution in [3.63, 3.8) is 0 Å². The highest BCUT2D eigenvalue weighted by molar-refractivity contribution is 5.81. The summed E-state index contributed by atoms with van der Waals surface area (Å²) in [6.07, 6.45) is 9.72. The molecule has 0 heterocycles. The summed E-state index contributed by atoms with van der Waals surface area (Å²) in [5.41, 5.74) is 3.65. The molecule has 0 radical (unpaired) electrons. The molecular formula is C29H32FNO5. The summed E-state index contributed by atoms with van der Waals surface area (Å²) in [5, 5.41) is 12.7. The van der Waals surface area contributed by atoms with Crippen molar-refractivity contribution >= 4 is 11.9 Å². The van der Waals surface area contributed by atoms with Crippen LogP contribution in [0.25, 0.3) is 0 Å². The minimum Gasteiger partial charge on any atom is -0.504 e. The summed E-state index contributed by atoms with van der Waals surface area (Å²) in [7, 11) is 1.48. The summed E-state index contributed by atoms with van der Waals surface area (Å²) >= 11 is 0. The fourth-order valence-corrected chi connectivity index (χ4v) is 4.90. The van der Waals surface area contributed by atoms with E-state index in [1.165, 1.54) is 30.9 Å². The molecule has 0 unspecified atom stereocenters. The van der Waals surface area contributed by atoms with E-state index in [9.17, 15) is 19.1 Å². The van der Waals surface area contributed by atoms with Crippen LogP contribution >= 0.6 is 0 Å². The number of hydrogen-bond donors (Lipinski definition) is 2. The van der Waals surface area contributed by atoms with Crippen LogP contribution in [-0.2, 0) is 27.2 Å². The SMILES string of the molecule is COc1cc(CC(=O)NC2=CCCC(C3CCC(OC(=O)Cc4ccc(F)cc4)CC3)=C2)ccc1O. The van der Waals surface area contributed by atoms with E-state index in [4.69, 9.17) is 9.47 Å². The summed E-state index contributed by atoms with van der Waals surface area (Å²) in [5.74, 6) is 0.0825. The van der Waals surface area contributed by atoms with Crippen molar-refractivity contribution < 1.29 is 28.6 Å². The molecule has 0 aliphatic heterocycles. The molecule has 2 N–H and O–H groups in total. The minimum atomic E-state index is -0.321. The smallest absolute Gasteiger partial charge is 0.310 e. The van der Waals surface area contributed by atoms with Crippen molar-refractivity contribution in [3.05, 3.63) is 82.8 Å². The highest BCUT2D eigenvalue weighted by atomic mass is 19.1. The van der Waals surface area contributed by atoms with Crippen LogP contribution in [0.1, 0.15) is 49.7 Å². The Morgan fingerprint density at radius 2 is 1.75 bits per heavy atom. The third-order valence-corrected chi connectivity index (χ3v) is 6.79. The third kappa shape index (κ3) is 6.97. The van der Waals surface area contributed by atoms with Crippen molar-refractivity contribution in [1.29, 1.82) is 0 Å². The highest BCUT2D eigenvalue weighted by Gasteiger charge is 2.27. The van der Waals surface area contributed by atoms with Crippen LogP contribution in [-0.4, -0.2) is 30.2 Å². The van der Waals surface area contributed by atoms with Gasteiger partial charge in [0.2, 0.25) is 5.91 Å². The Morgan fingerprint density at radius 1 is 1.03 bits per heavy atom. The lowest BCUT2D eigenvalue weighted by Crippen LogP contribution is -2.27. The third-order valence-electron chi connectivity index (χ3n) is 6.79. The maximum absolute atomic E-state index is 13.0. The van der Waals surface area contributed by atoms with Crippen molar-refractivity contribution in [2.45, 2.75) is 57.5 Å². The zero-order chi connectivity index (χ0) is 25.5. The lowest BCUT2D eigenvalue weighted by molar-refractivity contribution is -0.150. The molecule has 1 saturated carbocycles. The maximum Gasteiger partial charge on any atom is 0.310 e. The number of benzene rings is 2. The van der Waals surface area contributed by atoms with E-state index in [2.05, 4.69) is 11.4 Å². The van der Waals surface area contributed by atoms with E-state index < -0.39 is 0 Å². The average Bonchev–Trinajstić information content (AvgIpc) is 2.87. The van der Waals surface area contributed by atoms with Gasteiger partial charge in [0.15, 0.2) is 11.5 Å². The number of aromatic hydroxyl groups is 1. The van der Waals surface area contributed by atoms with Gasteiger partial charge in [0.25, 0.3) is 0 Å². The minimum absolute atomic E-state index is 0.0431. The van der Waals surface area contributed by atoms with Gasteiger partial charge in [-0.15, -0.1) is 0 Å². The Hall–Kier alpha value is -3.61. The number of allylic oxidation sites excluding steroid dienone is 3. The van der Waals surface area contributed by atoms with Crippen LogP contribution in [0.3, 0.4) is 0 Å². The molecule has 0 atom stereocenters. The van der Waals surface area contributed by atoms with E-state index in [-0.39, 0.29) is 42.4 Å². The second-order valence-electron chi connectivity index (χ2n) is 9.42. The molecule has 0 aromatic heterocycles. The number of halogens is 1. The zero-order valence-electron chi connectivity index (χ0n) is 20.5. The van der Waals surface area contributed by atoms with E-state index in [1.807, 2.05) is 6.08 Å². The maximum atomic E-state index is 13.0. The van der Waals surface area contributed by atoms with Crippen LogP contribution in [0.5, 0.6) is 11.5 Å². The Bertz CT molecular complexity index is 1150. The lowest BCUT2D eigenvalue weighted by atomic mass is 9.79. The predicted molar refractivity (Wildman–Crippen MR) is 134 cm³/mol. The number of phenols is 1. The summed E-state index contributed by atoms with van der Waals surface area (Å²) in [6, 6.07) is 10.8. The standard InChI is InChI=1S/C29H32FNO5/c1-35-27-15-20(7-14-26(27)32)16-28(33)31-24-4-2-3-22(18-24)21-8-12-25(13-9-21)36-29(34)17-19-5-10-23(30)11-6-19/h4-7,10-11,14-15,18,21,25,32H,2-3,8-9,12-13,16-17H2,1H3,(H,31,33). The van der Waals surface area contributed by atoms with E-state index in [0.29, 0.717) is 11.7 Å². The van der Waals surface area contributed by atoms with Gasteiger partial charge in [-0.3, -0.25) is 9.59 Å². The van der Waals surface area contributed by atoms with Crippen LogP contribution in [0.2, 0.25) is 0 Å². The van der Waals surface area contributed by atoms with Gasteiger partial charge in [-0.2, -0.15) is 0 Å². The van der Waals surface area contributed by atoms with Gasteiger partial charge in [0, 0.05) is 5.70 Å². The highest BCUT2D eigenvalue weighted by Crippen LogP contribution is 2.35. The predicted octanol–water partition coefficient (Wildman–Crippen LogP) is 5.15. The van der Waals surface area contributed by atoms with E-state index >= 15 is 0 Å². The van der Waals surface area contributed by atoms with Crippen molar-refractivity contribution in [2.75, 3.05) is 7.11 Å². The molecule has 0 bridgehead atoms. The number of amides is 1. The van der Waals surface area contributed by atoms with Gasteiger partial charge in [-0.1, -0.05) is 29.8 Å². The van der Waals surface area contributed by atoms with Crippen LogP contribution in [0.4, 0.5) is 4.39 Å². The first-order valence-electron chi connectivity index (χ1n) is 12.4. The van der Waals surface area contributed by atoms with Gasteiger partial charge in [-0.05, 0) is 85.9 Å². The Balaban J connectivity index is 1.25. The van der Waals surface area contributed by atoms with Gasteiger partial charge in [0.05, 0.1) is 20.0 Å². The number of methoxy groups -OCH3 is 1. The number of rotatable bonds is 8. The van der Waals surface area contributed by atoms with E-state index in [1.54, 1.807) is 24.3 Å². The number of carbonyl (C=O) groups excluding carboxylic acids is 2. The van der Waals surface area contributed by atoms with Crippen LogP contribution < -0.4 is 10.1 Å². The first-order valence-corrected chi connectivity index (χ1v) is 12.4. The average molecular weight is 494 g/mol. The van der Waals surface area contributed by atoms with Gasteiger partial charge >= 0.3 is 5.97 Å². The van der Waals surface area contributed by atoms with Crippen molar-refractivity contribution in [1.82, 2.24) is 5.32 Å². The van der Waals surface area contributed by atoms with Gasteiger partial charge in [-0.25, -0.2) is 4.39 Å². The van der Waals surface area contributed by atoms with E-state index in [0.717, 1.165) is 55.3 Å². The molecule has 0 spiro atoms. The molecule has 1 fully saturated rings. The largest absolute Gasteiger partial charge is 0.504 e. The number of ether oxygens (including phenoxy) is 2. The zero-order valence-corrected chi connectivity index (χ0v) is 20.5. The number of nitrogens with one attached hydrogen (secondary N) is 1. The molecule has 2 aliphatic carbocycles. The Kier molecular flexibility index (Phi) is 8.41. The molecule has 0 saturated heterocycles. The molecule has 190 valence electrons. The molecule has 2 aromatic rings. The Labute approximate surface area is 210 Å². The number of carbonyl (C=O) groups is 2. The molecule has 36 heavy (non-hydrogen) atoms. The first-order chi connectivity index (χ1) is 17.4. The van der Waals surface area contributed by atoms with Crippen LogP contribution in [0.15, 0.2) is 65.9 Å². The molecule has 4 rings (SSSR count). The Morgan fingerprint density at radius 3 is 2.47 bits per heavy atom. The molecule has 2 aliphatic rings. The molecular weight excluding hydrogens is 461 g/mol. The summed E-state index contributed by atoms with van der Waals surface area (Å²) < 4.78 is 23.8. The summed E-state index contributed by atoms with van der Waals surface area (Å²) in [6.45, 7) is 0. The number of esters is 1. The second-order valence-corrected chi connectivity index (χ2v) is 9.42. The van der Waals surface area contributed by atoms with Gasteiger partial charge in [0.1, 0.15) is 11.9 Å². The molecule has 6 nitrogen and oxygen atoms in total. The summed E-state index contributed by atoms with van der Waals surface area (Å²) in [4.78, 5) is 24.9. The fraction of sp³-hybridized carbons (Fsp3) is 0.379. The molecule has 1 amide bonds. The molecule has 7 heteroatoms. The van der Waals surface area contributed by atoms with Crippen molar-refractivity contribution in [3.8, 4) is 11.5 Å². The molecule has 2 aromatic carbocycles. The second kappa shape index (κ2) is 11.9. The van der Waals surface area contributed by atoms with Crippen molar-refractivity contribution in [2.24, 2.45) is 5.92 Å². The normalized spacial score (nSPS) is 19.6. The van der Waals surface area contributed by atoms with Gasteiger partial charge < -0.3 is 19.9 Å². The quantitative estimate of drug-likeness (QED) is 0.497. The lowest BCUT2D eigenvalue weighted by Gasteiger charge is -2.31. The topological polar surface area (TPSA) is 84.9 Å². The monoisotopic (exact) mass is 493 g/mol. The first kappa shape index (κ1) is 25.5. The number of hydrogen-bond acceptors (Lipinski definition) is 5. The fourth-order valence-electron chi connectivity index (χ4n) is 4.90. The number of phenolic OH excluding ortho intramolecular Hbond substituents is 1.